The van der Waals surface area contributed by atoms with Crippen molar-refractivity contribution in [2.45, 2.75) is 6.92 Å². The highest BCUT2D eigenvalue weighted by atomic mass is 16.5. The number of amides is 2. The summed E-state index contributed by atoms with van der Waals surface area (Å²) < 4.78 is 15.9. The molecule has 7 heteroatoms. The summed E-state index contributed by atoms with van der Waals surface area (Å²) in [7, 11) is 3.04. The summed E-state index contributed by atoms with van der Waals surface area (Å²) in [5, 5.41) is 2.83. The summed E-state index contributed by atoms with van der Waals surface area (Å²) in [5.74, 6) is 1.13. The molecule has 2 aromatic carbocycles. The highest BCUT2D eigenvalue weighted by molar-refractivity contribution is 6.05. The zero-order chi connectivity index (χ0) is 20.3. The van der Waals surface area contributed by atoms with Crippen LogP contribution < -0.4 is 24.4 Å². The van der Waals surface area contributed by atoms with Crippen LogP contribution in [0.4, 0.5) is 11.4 Å². The standard InChI is InChI=1S/C21H22N2O5/c1-13(2)11-23-16-10-15(6-8-17(16)28-12-20(23)24)22-21(25)14-5-7-18(26-3)19(9-14)27-4/h5-10H,1,11-12H2,2-4H3,(H,22,25). The Balaban J connectivity index is 1.85. The first-order chi connectivity index (χ1) is 13.4. The van der Waals surface area contributed by atoms with Gasteiger partial charge >= 0.3 is 0 Å². The lowest BCUT2D eigenvalue weighted by Crippen LogP contribution is -2.39. The highest BCUT2D eigenvalue weighted by Gasteiger charge is 2.26. The second-order valence-corrected chi connectivity index (χ2v) is 6.43. The number of methoxy groups -OCH3 is 2. The normalized spacial score (nSPS) is 12.7. The van der Waals surface area contributed by atoms with Crippen molar-refractivity contribution in [1.82, 2.24) is 0 Å². The zero-order valence-electron chi connectivity index (χ0n) is 16.1. The first kappa shape index (κ1) is 19.3. The Morgan fingerprint density at radius 3 is 2.61 bits per heavy atom. The minimum absolute atomic E-state index is 0.0162. The number of rotatable bonds is 6. The smallest absolute Gasteiger partial charge is 0.265 e. The van der Waals surface area contributed by atoms with E-state index in [-0.39, 0.29) is 18.4 Å². The van der Waals surface area contributed by atoms with Crippen LogP contribution in [0.2, 0.25) is 0 Å². The minimum atomic E-state index is -0.310. The van der Waals surface area contributed by atoms with Crippen molar-refractivity contribution in [2.75, 3.05) is 37.6 Å². The predicted molar refractivity (Wildman–Crippen MR) is 107 cm³/mol. The number of anilines is 2. The van der Waals surface area contributed by atoms with Crippen LogP contribution in [0.15, 0.2) is 48.6 Å². The Kier molecular flexibility index (Phi) is 5.54. The van der Waals surface area contributed by atoms with Crippen LogP contribution in [0.1, 0.15) is 17.3 Å². The number of ether oxygens (including phenoxy) is 3. The van der Waals surface area contributed by atoms with Crippen LogP contribution >= 0.6 is 0 Å². The van der Waals surface area contributed by atoms with Gasteiger partial charge in [-0.25, -0.2) is 0 Å². The summed E-state index contributed by atoms with van der Waals surface area (Å²) in [6, 6.07) is 10.1. The molecule has 0 bridgehead atoms. The summed E-state index contributed by atoms with van der Waals surface area (Å²) in [6.07, 6.45) is 0. The van der Waals surface area contributed by atoms with E-state index < -0.39 is 0 Å². The van der Waals surface area contributed by atoms with E-state index in [2.05, 4.69) is 11.9 Å². The number of hydrogen-bond acceptors (Lipinski definition) is 5. The molecule has 7 nitrogen and oxygen atoms in total. The highest BCUT2D eigenvalue weighted by Crippen LogP contribution is 2.35. The summed E-state index contributed by atoms with van der Waals surface area (Å²) in [4.78, 5) is 26.5. The molecule has 1 N–H and O–H groups in total. The van der Waals surface area contributed by atoms with Crippen LogP contribution in [0.5, 0.6) is 17.2 Å². The van der Waals surface area contributed by atoms with Gasteiger partial charge in [0.1, 0.15) is 5.75 Å². The van der Waals surface area contributed by atoms with Gasteiger partial charge in [-0.2, -0.15) is 0 Å². The molecule has 0 atom stereocenters. The second-order valence-electron chi connectivity index (χ2n) is 6.43. The summed E-state index contributed by atoms with van der Waals surface area (Å²) in [6.45, 7) is 6.10. The molecule has 0 unspecified atom stereocenters. The minimum Gasteiger partial charge on any atom is -0.493 e. The first-order valence-corrected chi connectivity index (χ1v) is 8.68. The molecule has 1 aliphatic heterocycles. The van der Waals surface area contributed by atoms with E-state index in [0.717, 1.165) is 5.57 Å². The molecule has 2 aromatic rings. The fourth-order valence-corrected chi connectivity index (χ4v) is 2.90. The van der Waals surface area contributed by atoms with Crippen LogP contribution in [-0.4, -0.2) is 39.2 Å². The van der Waals surface area contributed by atoms with Crippen molar-refractivity contribution in [3.63, 3.8) is 0 Å². The van der Waals surface area contributed by atoms with Crippen molar-refractivity contribution in [1.29, 1.82) is 0 Å². The van der Waals surface area contributed by atoms with Gasteiger partial charge in [-0.3, -0.25) is 9.59 Å². The quantitative estimate of drug-likeness (QED) is 0.776. The van der Waals surface area contributed by atoms with E-state index in [1.807, 2.05) is 6.92 Å². The van der Waals surface area contributed by atoms with Crippen molar-refractivity contribution < 1.29 is 23.8 Å². The Morgan fingerprint density at radius 1 is 1.18 bits per heavy atom. The number of nitrogens with zero attached hydrogens (tertiary/aromatic N) is 1. The molecule has 0 aliphatic carbocycles. The van der Waals surface area contributed by atoms with Crippen LogP contribution in [0.3, 0.4) is 0 Å². The lowest BCUT2D eigenvalue weighted by Gasteiger charge is -2.30. The third kappa shape index (κ3) is 3.93. The lowest BCUT2D eigenvalue weighted by atomic mass is 10.1. The molecule has 2 amide bonds. The molecule has 0 radical (unpaired) electrons. The fourth-order valence-electron chi connectivity index (χ4n) is 2.90. The van der Waals surface area contributed by atoms with Crippen LogP contribution in [-0.2, 0) is 4.79 Å². The molecular weight excluding hydrogens is 360 g/mol. The second kappa shape index (κ2) is 8.04. The molecule has 0 fully saturated rings. The number of benzene rings is 2. The van der Waals surface area contributed by atoms with Gasteiger partial charge in [0.25, 0.3) is 11.8 Å². The molecular formula is C21H22N2O5. The van der Waals surface area contributed by atoms with Crippen molar-refractivity contribution in [3.05, 3.63) is 54.1 Å². The number of fused-ring (bicyclic) bond motifs is 1. The molecule has 28 heavy (non-hydrogen) atoms. The average Bonchev–Trinajstić information content (AvgIpc) is 2.69. The maximum Gasteiger partial charge on any atom is 0.265 e. The van der Waals surface area contributed by atoms with Gasteiger partial charge in [0.2, 0.25) is 0 Å². The maximum absolute atomic E-state index is 12.6. The van der Waals surface area contributed by atoms with E-state index in [0.29, 0.717) is 40.7 Å². The Bertz CT molecular complexity index is 938. The predicted octanol–water partition coefficient (Wildman–Crippen LogP) is 3.26. The molecule has 1 aliphatic rings. The molecule has 0 aromatic heterocycles. The van der Waals surface area contributed by atoms with E-state index in [9.17, 15) is 9.59 Å². The largest absolute Gasteiger partial charge is 0.493 e. The maximum atomic E-state index is 12.6. The molecule has 146 valence electrons. The van der Waals surface area contributed by atoms with E-state index in [4.69, 9.17) is 14.2 Å². The van der Waals surface area contributed by atoms with E-state index in [1.165, 1.54) is 14.2 Å². The van der Waals surface area contributed by atoms with Gasteiger partial charge in [-0.15, -0.1) is 0 Å². The summed E-state index contributed by atoms with van der Waals surface area (Å²) in [5.41, 5.74) is 2.41. The number of nitrogens with one attached hydrogen (secondary N) is 1. The lowest BCUT2D eigenvalue weighted by molar-refractivity contribution is -0.121. The molecule has 0 spiro atoms. The fraction of sp³-hybridized carbons (Fsp3) is 0.238. The van der Waals surface area contributed by atoms with Gasteiger partial charge in [-0.1, -0.05) is 12.2 Å². The van der Waals surface area contributed by atoms with Gasteiger partial charge in [0.05, 0.1) is 19.9 Å². The van der Waals surface area contributed by atoms with Gasteiger partial charge < -0.3 is 24.4 Å². The van der Waals surface area contributed by atoms with Gasteiger partial charge in [0.15, 0.2) is 18.1 Å². The summed E-state index contributed by atoms with van der Waals surface area (Å²) >= 11 is 0. The van der Waals surface area contributed by atoms with E-state index in [1.54, 1.807) is 41.3 Å². The SMILES string of the molecule is C=C(C)CN1C(=O)COc2ccc(NC(=O)c3ccc(OC)c(OC)c3)cc21. The third-order valence-corrected chi connectivity index (χ3v) is 4.23. The van der Waals surface area contributed by atoms with Crippen molar-refractivity contribution in [2.24, 2.45) is 0 Å². The molecule has 1 heterocycles. The van der Waals surface area contributed by atoms with Crippen LogP contribution in [0.25, 0.3) is 0 Å². The van der Waals surface area contributed by atoms with Crippen molar-refractivity contribution in [3.8, 4) is 17.2 Å². The van der Waals surface area contributed by atoms with Crippen LogP contribution in [0, 0.1) is 0 Å². The zero-order valence-corrected chi connectivity index (χ0v) is 16.1. The first-order valence-electron chi connectivity index (χ1n) is 8.68. The van der Waals surface area contributed by atoms with E-state index >= 15 is 0 Å². The number of carbonyl (C=O) groups excluding carboxylic acids is 2. The Labute approximate surface area is 163 Å². The molecule has 3 rings (SSSR count). The van der Waals surface area contributed by atoms with Gasteiger partial charge in [-0.05, 0) is 43.3 Å². The Morgan fingerprint density at radius 2 is 1.93 bits per heavy atom. The average molecular weight is 382 g/mol. The van der Waals surface area contributed by atoms with Crippen molar-refractivity contribution >= 4 is 23.2 Å². The monoisotopic (exact) mass is 382 g/mol. The van der Waals surface area contributed by atoms with Gasteiger partial charge in [0, 0.05) is 17.8 Å². The third-order valence-electron chi connectivity index (χ3n) is 4.23. The Hall–Kier alpha value is -3.48. The number of hydrogen-bond donors (Lipinski definition) is 1. The topological polar surface area (TPSA) is 77.1 Å². The molecule has 0 saturated carbocycles. The molecule has 0 saturated heterocycles. The number of carbonyl (C=O) groups is 2.